The number of carbonyl (C=O) groups is 1. The van der Waals surface area contributed by atoms with E-state index < -0.39 is 0 Å². The highest BCUT2D eigenvalue weighted by molar-refractivity contribution is 5.94. The maximum Gasteiger partial charge on any atom is 0.256 e. The number of aliphatic hydroxyl groups excluding tert-OH is 1. The quantitative estimate of drug-likeness (QED) is 0.762. The minimum Gasteiger partial charge on any atom is -0.396 e. The lowest BCUT2D eigenvalue weighted by molar-refractivity contribution is 0.0942. The van der Waals surface area contributed by atoms with Crippen molar-refractivity contribution in [2.75, 3.05) is 13.2 Å². The molecule has 1 aromatic heterocycles. The van der Waals surface area contributed by atoms with Crippen LogP contribution >= 0.6 is 0 Å². The normalized spacial score (nSPS) is 12.4. The van der Waals surface area contributed by atoms with Gasteiger partial charge < -0.3 is 14.9 Å². The Morgan fingerprint density at radius 3 is 2.94 bits per heavy atom. The largest absolute Gasteiger partial charge is 0.396 e. The van der Waals surface area contributed by atoms with Gasteiger partial charge in [-0.15, -0.1) is 0 Å². The number of hydrogen-bond acceptors (Lipinski definition) is 4. The third kappa shape index (κ3) is 3.34. The molecular formula is C11H18N2O3. The van der Waals surface area contributed by atoms with E-state index in [1.54, 1.807) is 6.92 Å². The van der Waals surface area contributed by atoms with Crippen LogP contribution in [0.25, 0.3) is 0 Å². The maximum atomic E-state index is 11.7. The number of nitrogens with zero attached hydrogens (tertiary/aromatic N) is 1. The van der Waals surface area contributed by atoms with E-state index in [9.17, 15) is 4.79 Å². The fourth-order valence-corrected chi connectivity index (χ4v) is 1.48. The van der Waals surface area contributed by atoms with Crippen molar-refractivity contribution in [2.45, 2.75) is 26.7 Å². The van der Waals surface area contributed by atoms with Crippen molar-refractivity contribution >= 4 is 5.91 Å². The van der Waals surface area contributed by atoms with Crippen LogP contribution < -0.4 is 5.32 Å². The summed E-state index contributed by atoms with van der Waals surface area (Å²) in [6, 6.07) is 0. The highest BCUT2D eigenvalue weighted by Gasteiger charge is 2.14. The zero-order chi connectivity index (χ0) is 12.0. The minimum absolute atomic E-state index is 0.153. The lowest BCUT2D eigenvalue weighted by atomic mass is 10.0. The summed E-state index contributed by atoms with van der Waals surface area (Å²) in [6.45, 7) is 4.46. The smallest absolute Gasteiger partial charge is 0.256 e. The summed E-state index contributed by atoms with van der Waals surface area (Å²) >= 11 is 0. The minimum atomic E-state index is -0.171. The van der Waals surface area contributed by atoms with Crippen molar-refractivity contribution in [2.24, 2.45) is 5.92 Å². The molecule has 5 heteroatoms. The monoisotopic (exact) mass is 226 g/mol. The molecule has 1 heterocycles. The third-order valence-electron chi connectivity index (χ3n) is 2.66. The van der Waals surface area contributed by atoms with Crippen LogP contribution in [-0.2, 0) is 0 Å². The fourth-order valence-electron chi connectivity index (χ4n) is 1.48. The first-order chi connectivity index (χ1) is 7.69. The lowest BCUT2D eigenvalue weighted by Gasteiger charge is -2.13. The molecule has 0 bridgehead atoms. The third-order valence-corrected chi connectivity index (χ3v) is 2.66. The first-order valence-electron chi connectivity index (χ1n) is 5.49. The van der Waals surface area contributed by atoms with Gasteiger partial charge in [0.15, 0.2) is 0 Å². The van der Waals surface area contributed by atoms with E-state index in [-0.39, 0.29) is 12.5 Å². The number of aliphatic hydroxyl groups is 1. The molecule has 16 heavy (non-hydrogen) atoms. The average molecular weight is 226 g/mol. The predicted molar refractivity (Wildman–Crippen MR) is 59.1 cm³/mol. The molecule has 0 saturated heterocycles. The Bertz CT molecular complexity index is 336. The molecule has 0 spiro atoms. The van der Waals surface area contributed by atoms with Gasteiger partial charge in [-0.2, -0.15) is 0 Å². The number of rotatable bonds is 6. The maximum absolute atomic E-state index is 11.7. The number of carbonyl (C=O) groups excluding carboxylic acids is 1. The van der Waals surface area contributed by atoms with Crippen LogP contribution in [0.2, 0.25) is 0 Å². The van der Waals surface area contributed by atoms with Crippen molar-refractivity contribution in [1.82, 2.24) is 10.5 Å². The average Bonchev–Trinajstić information content (AvgIpc) is 2.70. The van der Waals surface area contributed by atoms with E-state index in [4.69, 9.17) is 9.63 Å². The van der Waals surface area contributed by atoms with Gasteiger partial charge in [-0.05, 0) is 19.3 Å². The van der Waals surface area contributed by atoms with E-state index in [0.717, 1.165) is 6.42 Å². The lowest BCUT2D eigenvalue weighted by Crippen LogP contribution is -2.29. The summed E-state index contributed by atoms with van der Waals surface area (Å²) in [4.78, 5) is 11.7. The summed E-state index contributed by atoms with van der Waals surface area (Å²) in [5.41, 5.74) is 0.471. The zero-order valence-electron chi connectivity index (χ0n) is 9.69. The van der Waals surface area contributed by atoms with Crippen LogP contribution in [0, 0.1) is 12.8 Å². The van der Waals surface area contributed by atoms with Gasteiger partial charge >= 0.3 is 0 Å². The van der Waals surface area contributed by atoms with Gasteiger partial charge in [0.05, 0.1) is 6.20 Å². The summed E-state index contributed by atoms with van der Waals surface area (Å²) in [5, 5.41) is 15.2. The Hall–Kier alpha value is -1.36. The summed E-state index contributed by atoms with van der Waals surface area (Å²) in [6.07, 6.45) is 3.06. The van der Waals surface area contributed by atoms with Crippen molar-refractivity contribution in [1.29, 1.82) is 0 Å². The van der Waals surface area contributed by atoms with Gasteiger partial charge in [-0.1, -0.05) is 18.5 Å². The molecule has 0 aromatic carbocycles. The first kappa shape index (κ1) is 12.7. The molecule has 1 aromatic rings. The van der Waals surface area contributed by atoms with Crippen molar-refractivity contribution in [3.63, 3.8) is 0 Å². The number of aryl methyl sites for hydroxylation is 1. The second-order valence-corrected chi connectivity index (χ2v) is 3.79. The van der Waals surface area contributed by atoms with Crippen LogP contribution in [0.5, 0.6) is 0 Å². The van der Waals surface area contributed by atoms with Gasteiger partial charge in [0, 0.05) is 13.2 Å². The van der Waals surface area contributed by atoms with Gasteiger partial charge in [-0.3, -0.25) is 4.79 Å². The summed E-state index contributed by atoms with van der Waals surface area (Å²) < 4.78 is 4.82. The molecular weight excluding hydrogens is 208 g/mol. The van der Waals surface area contributed by atoms with Gasteiger partial charge in [0.1, 0.15) is 11.3 Å². The molecule has 0 saturated carbocycles. The number of nitrogens with one attached hydrogen (secondary N) is 1. The topological polar surface area (TPSA) is 75.4 Å². The van der Waals surface area contributed by atoms with Crippen LogP contribution in [0.1, 0.15) is 35.9 Å². The second-order valence-electron chi connectivity index (χ2n) is 3.79. The van der Waals surface area contributed by atoms with E-state index in [2.05, 4.69) is 10.5 Å². The van der Waals surface area contributed by atoms with Crippen LogP contribution in [0.3, 0.4) is 0 Å². The molecule has 0 aliphatic carbocycles. The van der Waals surface area contributed by atoms with Gasteiger partial charge in [0.2, 0.25) is 0 Å². The van der Waals surface area contributed by atoms with Crippen LogP contribution in [0.15, 0.2) is 10.7 Å². The Labute approximate surface area is 94.8 Å². The highest BCUT2D eigenvalue weighted by atomic mass is 16.5. The molecule has 90 valence electrons. The van der Waals surface area contributed by atoms with Crippen molar-refractivity contribution in [3.05, 3.63) is 17.5 Å². The highest BCUT2D eigenvalue weighted by Crippen LogP contribution is 2.08. The van der Waals surface area contributed by atoms with Gasteiger partial charge in [-0.25, -0.2) is 0 Å². The summed E-state index contributed by atoms with van der Waals surface area (Å²) in [5.74, 6) is 0.664. The molecule has 1 unspecified atom stereocenters. The molecule has 1 amide bonds. The molecule has 5 nitrogen and oxygen atoms in total. The van der Waals surface area contributed by atoms with Crippen LogP contribution in [-0.4, -0.2) is 29.3 Å². The SMILES string of the molecule is CCC(CCO)CNC(=O)c1cnoc1C. The Balaban J connectivity index is 2.43. The summed E-state index contributed by atoms with van der Waals surface area (Å²) in [7, 11) is 0. The molecule has 1 rings (SSSR count). The Morgan fingerprint density at radius 1 is 1.69 bits per heavy atom. The second kappa shape index (κ2) is 6.27. The van der Waals surface area contributed by atoms with Crippen molar-refractivity contribution in [3.8, 4) is 0 Å². The Kier molecular flexibility index (Phi) is 4.98. The van der Waals surface area contributed by atoms with E-state index >= 15 is 0 Å². The van der Waals surface area contributed by atoms with E-state index in [0.29, 0.717) is 30.2 Å². The van der Waals surface area contributed by atoms with Crippen LogP contribution in [0.4, 0.5) is 0 Å². The molecule has 2 N–H and O–H groups in total. The predicted octanol–water partition coefficient (Wildman–Crippen LogP) is 1.12. The number of hydrogen-bond donors (Lipinski definition) is 2. The zero-order valence-corrected chi connectivity index (χ0v) is 9.69. The molecule has 0 aliphatic heterocycles. The first-order valence-corrected chi connectivity index (χ1v) is 5.49. The molecule has 0 radical (unpaired) electrons. The fraction of sp³-hybridized carbons (Fsp3) is 0.636. The molecule has 0 fully saturated rings. The van der Waals surface area contributed by atoms with Crippen molar-refractivity contribution < 1.29 is 14.4 Å². The molecule has 0 aliphatic rings. The standard InChI is InChI=1S/C11H18N2O3/c1-3-9(4-5-14)6-12-11(15)10-7-13-16-8(10)2/h7,9,14H,3-6H2,1-2H3,(H,12,15). The number of aromatic nitrogens is 1. The number of amides is 1. The van der Waals surface area contributed by atoms with E-state index in [1.165, 1.54) is 6.20 Å². The van der Waals surface area contributed by atoms with Gasteiger partial charge in [0.25, 0.3) is 5.91 Å². The Morgan fingerprint density at radius 2 is 2.44 bits per heavy atom. The van der Waals surface area contributed by atoms with E-state index in [1.807, 2.05) is 6.92 Å². The molecule has 1 atom stereocenters.